The molecule has 2 amide bonds. The monoisotopic (exact) mass is 396 g/mol. The molecule has 0 saturated carbocycles. The number of pyridine rings is 1. The normalized spacial score (nSPS) is 11.1. The van der Waals surface area contributed by atoms with Crippen molar-refractivity contribution in [1.29, 1.82) is 0 Å². The minimum Gasteiger partial charge on any atom is -0.310 e. The fraction of sp³-hybridized carbons (Fsp3) is 0.167. The lowest BCUT2D eigenvalue weighted by Crippen LogP contribution is -2.20. The van der Waals surface area contributed by atoms with Crippen LogP contribution in [0, 0.1) is 0 Å². The molecule has 3 heterocycles. The van der Waals surface area contributed by atoms with E-state index in [1.54, 1.807) is 36.7 Å². The zero-order valence-corrected chi connectivity index (χ0v) is 15.9. The van der Waals surface area contributed by atoms with E-state index in [4.69, 9.17) is 11.6 Å². The molecule has 0 unspecified atom stereocenters. The number of aromatic nitrogens is 6. The lowest BCUT2D eigenvalue weighted by molar-refractivity contribution is 0.262. The van der Waals surface area contributed by atoms with Gasteiger partial charge in [0.05, 0.1) is 5.52 Å². The Balaban J connectivity index is 1.53. The summed E-state index contributed by atoms with van der Waals surface area (Å²) in [5.74, 6) is 1.39. The topological polar surface area (TPSA) is 113 Å². The minimum atomic E-state index is -0.469. The molecule has 3 aromatic heterocycles. The van der Waals surface area contributed by atoms with E-state index in [2.05, 4.69) is 36.0 Å². The Hall–Kier alpha value is -3.46. The fourth-order valence-electron chi connectivity index (χ4n) is 2.77. The number of rotatable bonds is 4. The Labute approximate surface area is 165 Å². The molecule has 0 radical (unpaired) electrons. The maximum absolute atomic E-state index is 12.4. The highest BCUT2D eigenvalue weighted by atomic mass is 35.5. The Kier molecular flexibility index (Phi) is 4.66. The average Bonchev–Trinajstić information content (AvgIpc) is 3.29. The van der Waals surface area contributed by atoms with Gasteiger partial charge in [0.25, 0.3) is 0 Å². The highest BCUT2D eigenvalue weighted by molar-refractivity contribution is 6.31. The summed E-state index contributed by atoms with van der Waals surface area (Å²) in [6.07, 6.45) is 1.66. The molecule has 4 aromatic rings. The van der Waals surface area contributed by atoms with Crippen LogP contribution in [0.15, 0.2) is 42.7 Å². The van der Waals surface area contributed by atoms with Gasteiger partial charge in [0, 0.05) is 16.5 Å². The van der Waals surface area contributed by atoms with Crippen molar-refractivity contribution in [1.82, 2.24) is 29.9 Å². The SMILES string of the molecule is CC(C)n1cnnc1-c1cccc(NC(=O)Nc2n[nH]c3ccc(Cl)cc23)n1. The van der Waals surface area contributed by atoms with Gasteiger partial charge in [0.1, 0.15) is 17.8 Å². The molecule has 0 spiro atoms. The second-order valence-corrected chi connectivity index (χ2v) is 6.84. The molecule has 0 atom stereocenters. The molecule has 10 heteroatoms. The molecule has 9 nitrogen and oxygen atoms in total. The van der Waals surface area contributed by atoms with E-state index in [-0.39, 0.29) is 6.04 Å². The van der Waals surface area contributed by atoms with Gasteiger partial charge in [-0.15, -0.1) is 10.2 Å². The first-order valence-corrected chi connectivity index (χ1v) is 8.97. The molecule has 142 valence electrons. The molecule has 3 N–H and O–H groups in total. The number of benzene rings is 1. The third-order valence-corrected chi connectivity index (χ3v) is 4.34. The van der Waals surface area contributed by atoms with Gasteiger partial charge in [-0.2, -0.15) is 5.10 Å². The molecule has 0 fully saturated rings. The highest BCUT2D eigenvalue weighted by Crippen LogP contribution is 2.24. The van der Waals surface area contributed by atoms with E-state index < -0.39 is 6.03 Å². The summed E-state index contributed by atoms with van der Waals surface area (Å²) in [5, 5.41) is 21.7. The maximum Gasteiger partial charge on any atom is 0.326 e. The summed E-state index contributed by atoms with van der Waals surface area (Å²) in [5.41, 5.74) is 1.38. The number of aromatic amines is 1. The minimum absolute atomic E-state index is 0.187. The van der Waals surface area contributed by atoms with Crippen LogP contribution in [0.1, 0.15) is 19.9 Å². The van der Waals surface area contributed by atoms with E-state index in [0.717, 1.165) is 10.9 Å². The highest BCUT2D eigenvalue weighted by Gasteiger charge is 2.14. The number of amides is 2. The van der Waals surface area contributed by atoms with Crippen LogP contribution in [-0.4, -0.2) is 36.0 Å². The number of halogens is 1. The van der Waals surface area contributed by atoms with Crippen molar-refractivity contribution >= 4 is 40.2 Å². The molecule has 0 saturated heterocycles. The number of hydrogen-bond acceptors (Lipinski definition) is 5. The van der Waals surface area contributed by atoms with Gasteiger partial charge < -0.3 is 4.57 Å². The predicted octanol–water partition coefficient (Wildman–Crippen LogP) is 4.09. The summed E-state index contributed by atoms with van der Waals surface area (Å²) < 4.78 is 1.91. The number of carbonyl (C=O) groups excluding carboxylic acids is 1. The van der Waals surface area contributed by atoms with Crippen molar-refractivity contribution in [3.8, 4) is 11.5 Å². The van der Waals surface area contributed by atoms with Crippen LogP contribution in [0.25, 0.3) is 22.4 Å². The van der Waals surface area contributed by atoms with Crippen LogP contribution < -0.4 is 10.6 Å². The van der Waals surface area contributed by atoms with Gasteiger partial charge in [-0.3, -0.25) is 15.7 Å². The number of anilines is 2. The molecule has 4 rings (SSSR count). The number of nitrogens with zero attached hydrogens (tertiary/aromatic N) is 5. The zero-order chi connectivity index (χ0) is 19.7. The van der Waals surface area contributed by atoms with Gasteiger partial charge in [-0.1, -0.05) is 17.7 Å². The molecule has 1 aromatic carbocycles. The van der Waals surface area contributed by atoms with Crippen LogP contribution in [-0.2, 0) is 0 Å². The van der Waals surface area contributed by atoms with Crippen LogP contribution in [0.5, 0.6) is 0 Å². The quantitative estimate of drug-likeness (QED) is 0.480. The lowest BCUT2D eigenvalue weighted by Gasteiger charge is -2.10. The lowest BCUT2D eigenvalue weighted by atomic mass is 10.2. The van der Waals surface area contributed by atoms with Gasteiger partial charge in [-0.05, 0) is 44.2 Å². The van der Waals surface area contributed by atoms with Crippen molar-refractivity contribution < 1.29 is 4.79 Å². The number of carbonyl (C=O) groups is 1. The number of nitrogens with one attached hydrogen (secondary N) is 3. The fourth-order valence-corrected chi connectivity index (χ4v) is 2.94. The van der Waals surface area contributed by atoms with Crippen LogP contribution >= 0.6 is 11.6 Å². The Morgan fingerprint density at radius 3 is 2.89 bits per heavy atom. The Morgan fingerprint density at radius 1 is 1.21 bits per heavy atom. The summed E-state index contributed by atoms with van der Waals surface area (Å²) in [6, 6.07) is 10.3. The van der Waals surface area contributed by atoms with Crippen LogP contribution in [0.4, 0.5) is 16.4 Å². The summed E-state index contributed by atoms with van der Waals surface area (Å²) in [7, 11) is 0. The third kappa shape index (κ3) is 3.52. The number of H-pyrrole nitrogens is 1. The predicted molar refractivity (Wildman–Crippen MR) is 107 cm³/mol. The summed E-state index contributed by atoms with van der Waals surface area (Å²) >= 11 is 6.02. The van der Waals surface area contributed by atoms with Crippen molar-refractivity contribution in [2.24, 2.45) is 0 Å². The van der Waals surface area contributed by atoms with Crippen molar-refractivity contribution in [2.45, 2.75) is 19.9 Å². The van der Waals surface area contributed by atoms with Gasteiger partial charge in [0.15, 0.2) is 11.6 Å². The first kappa shape index (κ1) is 17.9. The maximum atomic E-state index is 12.4. The van der Waals surface area contributed by atoms with E-state index in [0.29, 0.717) is 28.2 Å². The number of hydrogen-bond donors (Lipinski definition) is 3. The van der Waals surface area contributed by atoms with E-state index in [9.17, 15) is 4.79 Å². The largest absolute Gasteiger partial charge is 0.326 e. The second-order valence-electron chi connectivity index (χ2n) is 6.40. The summed E-state index contributed by atoms with van der Waals surface area (Å²) in [6.45, 7) is 4.06. The van der Waals surface area contributed by atoms with Crippen molar-refractivity contribution in [2.75, 3.05) is 10.6 Å². The van der Waals surface area contributed by atoms with Crippen LogP contribution in [0.3, 0.4) is 0 Å². The molecule has 0 aliphatic heterocycles. The van der Waals surface area contributed by atoms with E-state index in [1.807, 2.05) is 24.5 Å². The Morgan fingerprint density at radius 2 is 2.07 bits per heavy atom. The smallest absolute Gasteiger partial charge is 0.310 e. The molecule has 0 bridgehead atoms. The average molecular weight is 397 g/mol. The number of fused-ring (bicyclic) bond motifs is 1. The standard InChI is InChI=1S/C18H17ClN8O/c1-10(2)27-9-20-26-17(27)14-4-3-5-15(21-14)22-18(28)23-16-12-8-11(19)6-7-13(12)24-25-16/h3-10H,1-2H3,(H3,21,22,23,24,25,28). The first-order chi connectivity index (χ1) is 13.5. The van der Waals surface area contributed by atoms with Gasteiger partial charge in [0.2, 0.25) is 0 Å². The van der Waals surface area contributed by atoms with Crippen molar-refractivity contribution in [3.05, 3.63) is 47.7 Å². The first-order valence-electron chi connectivity index (χ1n) is 8.60. The van der Waals surface area contributed by atoms with Crippen molar-refractivity contribution in [3.63, 3.8) is 0 Å². The molecule has 28 heavy (non-hydrogen) atoms. The third-order valence-electron chi connectivity index (χ3n) is 4.11. The van der Waals surface area contributed by atoms with E-state index >= 15 is 0 Å². The zero-order valence-electron chi connectivity index (χ0n) is 15.1. The molecule has 0 aliphatic rings. The van der Waals surface area contributed by atoms with Gasteiger partial charge >= 0.3 is 6.03 Å². The van der Waals surface area contributed by atoms with Crippen LogP contribution in [0.2, 0.25) is 5.02 Å². The molecule has 0 aliphatic carbocycles. The van der Waals surface area contributed by atoms with Gasteiger partial charge in [-0.25, -0.2) is 9.78 Å². The summed E-state index contributed by atoms with van der Waals surface area (Å²) in [4.78, 5) is 16.9. The Bertz CT molecular complexity index is 1150. The number of urea groups is 1. The molecular weight excluding hydrogens is 380 g/mol. The van der Waals surface area contributed by atoms with E-state index in [1.165, 1.54) is 0 Å². The second kappa shape index (κ2) is 7.28. The molecular formula is C18H17ClN8O.